The van der Waals surface area contributed by atoms with Crippen LogP contribution in [0.25, 0.3) is 0 Å². The van der Waals surface area contributed by atoms with Crippen LogP contribution in [0, 0.1) is 0 Å². The third kappa shape index (κ3) is 4.22. The zero-order chi connectivity index (χ0) is 16.4. The third-order valence-electron chi connectivity index (χ3n) is 3.42. The first-order valence-corrected chi connectivity index (χ1v) is 9.31. The largest absolute Gasteiger partial charge is 0.479 e. The molecule has 1 heterocycles. The maximum Gasteiger partial charge on any atom is 0.267 e. The van der Waals surface area contributed by atoms with E-state index in [1.54, 1.807) is 12.1 Å². The Balaban J connectivity index is 1.65. The van der Waals surface area contributed by atoms with Crippen LogP contribution in [0.1, 0.15) is 37.1 Å². The number of amides is 1. The molecule has 1 N–H and O–H groups in total. The molecule has 2 aromatic rings. The van der Waals surface area contributed by atoms with E-state index in [1.807, 2.05) is 13.0 Å². The Morgan fingerprint density at radius 3 is 2.96 bits per heavy atom. The van der Waals surface area contributed by atoms with Crippen molar-refractivity contribution >= 4 is 49.9 Å². The third-order valence-corrected chi connectivity index (χ3v) is 5.21. The summed E-state index contributed by atoms with van der Waals surface area (Å²) in [5, 5.41) is 12.9. The van der Waals surface area contributed by atoms with Gasteiger partial charge in [0.25, 0.3) is 5.91 Å². The molecular formula is C15H15BrClN3O2S. The van der Waals surface area contributed by atoms with Crippen molar-refractivity contribution in [3.63, 3.8) is 0 Å². The number of rotatable bonds is 6. The van der Waals surface area contributed by atoms with E-state index in [1.165, 1.54) is 11.3 Å². The van der Waals surface area contributed by atoms with Gasteiger partial charge in [-0.3, -0.25) is 10.1 Å². The molecule has 5 nitrogen and oxygen atoms in total. The maximum atomic E-state index is 12.4. The fourth-order valence-electron chi connectivity index (χ4n) is 2.01. The Hall–Kier alpha value is -1.18. The van der Waals surface area contributed by atoms with E-state index in [9.17, 15) is 4.79 Å². The quantitative estimate of drug-likeness (QED) is 0.746. The van der Waals surface area contributed by atoms with E-state index in [2.05, 4.69) is 31.4 Å². The van der Waals surface area contributed by atoms with Gasteiger partial charge in [-0.25, -0.2) is 0 Å². The predicted molar refractivity (Wildman–Crippen MR) is 94.4 cm³/mol. The minimum Gasteiger partial charge on any atom is -0.479 e. The first kappa shape index (κ1) is 16.7. The minimum atomic E-state index is -0.637. The van der Waals surface area contributed by atoms with Crippen LogP contribution in [0.5, 0.6) is 5.75 Å². The van der Waals surface area contributed by atoms with E-state index in [-0.39, 0.29) is 5.91 Å². The van der Waals surface area contributed by atoms with Crippen molar-refractivity contribution in [2.75, 3.05) is 5.32 Å². The number of nitrogens with one attached hydrogen (secondary N) is 1. The molecule has 8 heteroatoms. The highest BCUT2D eigenvalue weighted by molar-refractivity contribution is 9.10. The number of aromatic nitrogens is 2. The van der Waals surface area contributed by atoms with Gasteiger partial charge in [0, 0.05) is 10.4 Å². The van der Waals surface area contributed by atoms with Crippen molar-refractivity contribution in [2.24, 2.45) is 0 Å². The molecule has 122 valence electrons. The molecule has 0 bridgehead atoms. The zero-order valence-corrected chi connectivity index (χ0v) is 15.5. The lowest BCUT2D eigenvalue weighted by Gasteiger charge is -2.17. The molecule has 0 unspecified atom stereocenters. The summed E-state index contributed by atoms with van der Waals surface area (Å²) in [7, 11) is 0. The van der Waals surface area contributed by atoms with Gasteiger partial charge in [0.1, 0.15) is 10.8 Å². The average Bonchev–Trinajstić information content (AvgIpc) is 3.27. The van der Waals surface area contributed by atoms with Crippen molar-refractivity contribution in [2.45, 2.75) is 38.2 Å². The van der Waals surface area contributed by atoms with Gasteiger partial charge >= 0.3 is 0 Å². The number of hydrogen-bond donors (Lipinski definition) is 1. The molecule has 3 rings (SSSR count). The number of nitrogens with zero attached hydrogens (tertiary/aromatic N) is 2. The molecule has 1 aromatic carbocycles. The average molecular weight is 417 g/mol. The monoisotopic (exact) mass is 415 g/mol. The van der Waals surface area contributed by atoms with Gasteiger partial charge in [0.2, 0.25) is 5.13 Å². The van der Waals surface area contributed by atoms with Crippen LogP contribution in [0.3, 0.4) is 0 Å². The molecule has 0 spiro atoms. The molecule has 1 fully saturated rings. The SMILES string of the molecule is CC[C@H](Oc1ccc(Br)cc1Cl)C(=O)Nc1nnc(C2CC2)s1. The van der Waals surface area contributed by atoms with E-state index in [0.29, 0.717) is 28.2 Å². The van der Waals surface area contributed by atoms with Crippen molar-refractivity contribution < 1.29 is 9.53 Å². The summed E-state index contributed by atoms with van der Waals surface area (Å²) in [6.07, 6.45) is 2.20. The number of halogens is 2. The smallest absolute Gasteiger partial charge is 0.267 e. The molecule has 0 aliphatic heterocycles. The first-order chi connectivity index (χ1) is 11.1. The number of carbonyl (C=O) groups is 1. The van der Waals surface area contributed by atoms with Crippen LogP contribution in [0.2, 0.25) is 5.02 Å². The van der Waals surface area contributed by atoms with Crippen LogP contribution in [-0.2, 0) is 4.79 Å². The molecule has 1 aliphatic carbocycles. The molecule has 1 aliphatic rings. The van der Waals surface area contributed by atoms with Gasteiger partial charge in [-0.1, -0.05) is 45.8 Å². The maximum absolute atomic E-state index is 12.4. The fraction of sp³-hybridized carbons (Fsp3) is 0.400. The molecule has 0 radical (unpaired) electrons. The second-order valence-corrected chi connectivity index (χ2v) is 7.63. The molecule has 1 aromatic heterocycles. The minimum absolute atomic E-state index is 0.245. The lowest BCUT2D eigenvalue weighted by Crippen LogP contribution is -2.32. The van der Waals surface area contributed by atoms with E-state index < -0.39 is 6.10 Å². The van der Waals surface area contributed by atoms with Gasteiger partial charge in [0.05, 0.1) is 5.02 Å². The Morgan fingerprint density at radius 2 is 2.30 bits per heavy atom. The van der Waals surface area contributed by atoms with E-state index >= 15 is 0 Å². The standard InChI is InChI=1S/C15H15BrClN3O2S/c1-2-11(22-12-6-5-9(16)7-10(12)17)13(21)18-15-20-19-14(23-15)8-3-4-8/h5-8,11H,2-4H2,1H3,(H,18,20,21)/t11-/m0/s1. The summed E-state index contributed by atoms with van der Waals surface area (Å²) < 4.78 is 6.60. The zero-order valence-electron chi connectivity index (χ0n) is 12.4. The fourth-order valence-corrected chi connectivity index (χ4v) is 3.65. The molecule has 1 saturated carbocycles. The Labute approximate surface area is 151 Å². The van der Waals surface area contributed by atoms with Gasteiger partial charge in [-0.2, -0.15) is 0 Å². The van der Waals surface area contributed by atoms with Crippen molar-refractivity contribution in [1.29, 1.82) is 0 Å². The predicted octanol–water partition coefficient (Wildman–Crippen LogP) is 4.63. The van der Waals surface area contributed by atoms with Gasteiger partial charge in [0.15, 0.2) is 6.10 Å². The van der Waals surface area contributed by atoms with Gasteiger partial charge in [-0.15, -0.1) is 10.2 Å². The lowest BCUT2D eigenvalue weighted by atomic mass is 10.2. The van der Waals surface area contributed by atoms with Crippen LogP contribution in [0.4, 0.5) is 5.13 Å². The highest BCUT2D eigenvalue weighted by atomic mass is 79.9. The number of anilines is 1. The molecule has 1 amide bonds. The number of carbonyl (C=O) groups excluding carboxylic acids is 1. The second-order valence-electron chi connectivity index (χ2n) is 5.30. The Morgan fingerprint density at radius 1 is 1.52 bits per heavy atom. The summed E-state index contributed by atoms with van der Waals surface area (Å²) in [6.45, 7) is 1.88. The summed E-state index contributed by atoms with van der Waals surface area (Å²) in [5.41, 5.74) is 0. The summed E-state index contributed by atoms with van der Waals surface area (Å²) in [6, 6.07) is 5.28. The van der Waals surface area contributed by atoms with Gasteiger partial charge < -0.3 is 4.74 Å². The molecule has 1 atom stereocenters. The van der Waals surface area contributed by atoms with Crippen molar-refractivity contribution in [3.8, 4) is 5.75 Å². The highest BCUT2D eigenvalue weighted by Gasteiger charge is 2.28. The number of benzene rings is 1. The van der Waals surface area contributed by atoms with E-state index in [4.69, 9.17) is 16.3 Å². The highest BCUT2D eigenvalue weighted by Crippen LogP contribution is 2.42. The molecule has 0 saturated heterocycles. The van der Waals surface area contributed by atoms with Crippen LogP contribution in [0.15, 0.2) is 22.7 Å². The van der Waals surface area contributed by atoms with E-state index in [0.717, 1.165) is 22.3 Å². The summed E-state index contributed by atoms with van der Waals surface area (Å²) in [5.74, 6) is 0.760. The number of ether oxygens (including phenoxy) is 1. The van der Waals surface area contributed by atoms with Gasteiger partial charge in [-0.05, 0) is 37.5 Å². The Kier molecular flexibility index (Phi) is 5.18. The first-order valence-electron chi connectivity index (χ1n) is 7.32. The number of hydrogen-bond acceptors (Lipinski definition) is 5. The molecule has 23 heavy (non-hydrogen) atoms. The Bertz CT molecular complexity index is 720. The van der Waals surface area contributed by atoms with Crippen LogP contribution < -0.4 is 10.1 Å². The van der Waals surface area contributed by atoms with Crippen LogP contribution in [-0.4, -0.2) is 22.2 Å². The lowest BCUT2D eigenvalue weighted by molar-refractivity contribution is -0.122. The topological polar surface area (TPSA) is 64.1 Å². The second kappa shape index (κ2) is 7.15. The summed E-state index contributed by atoms with van der Waals surface area (Å²) >= 11 is 10.9. The van der Waals surface area contributed by atoms with Crippen molar-refractivity contribution in [3.05, 3.63) is 32.7 Å². The van der Waals surface area contributed by atoms with Crippen molar-refractivity contribution in [1.82, 2.24) is 10.2 Å². The summed E-state index contributed by atoms with van der Waals surface area (Å²) in [4.78, 5) is 12.4. The van der Waals surface area contributed by atoms with Crippen LogP contribution >= 0.6 is 38.9 Å². The normalized spacial score (nSPS) is 15.3. The molecular weight excluding hydrogens is 402 g/mol.